The van der Waals surface area contributed by atoms with E-state index in [-0.39, 0.29) is 0 Å². The third-order valence-corrected chi connectivity index (χ3v) is 3.39. The molecule has 2 aromatic rings. The third-order valence-electron chi connectivity index (χ3n) is 3.39. The molecule has 0 aliphatic heterocycles. The minimum absolute atomic E-state index is 1.09. The lowest BCUT2D eigenvalue weighted by molar-refractivity contribution is -0.660. The predicted octanol–water partition coefficient (Wildman–Crippen LogP) is 3.36. The summed E-state index contributed by atoms with van der Waals surface area (Å²) in [7, 11) is 2.13. The lowest BCUT2D eigenvalue weighted by atomic mass is 10.0. The molecule has 0 radical (unpaired) electrons. The van der Waals surface area contributed by atoms with Gasteiger partial charge in [0.15, 0.2) is 6.20 Å². The SMILES string of the molecule is CCc1c[n+](C)c(-c2ccccc2C)cc1C. The number of benzene rings is 1. The van der Waals surface area contributed by atoms with Gasteiger partial charge in [0.1, 0.15) is 7.05 Å². The molecule has 2 rings (SSSR count). The average Bonchev–Trinajstić information content (AvgIpc) is 2.32. The number of hydrogen-bond acceptors (Lipinski definition) is 0. The highest BCUT2D eigenvalue weighted by Gasteiger charge is 2.14. The summed E-state index contributed by atoms with van der Waals surface area (Å²) in [5, 5.41) is 0. The molecule has 0 spiro atoms. The lowest BCUT2D eigenvalue weighted by Gasteiger charge is -2.07. The second-order valence-electron chi connectivity index (χ2n) is 4.65. The number of nitrogens with zero attached hydrogens (tertiary/aromatic N) is 1. The van der Waals surface area contributed by atoms with Crippen LogP contribution < -0.4 is 4.57 Å². The van der Waals surface area contributed by atoms with Crippen LogP contribution in [0.25, 0.3) is 11.3 Å². The first kappa shape index (κ1) is 11.8. The van der Waals surface area contributed by atoms with E-state index in [1.54, 1.807) is 0 Å². The van der Waals surface area contributed by atoms with E-state index < -0.39 is 0 Å². The van der Waals surface area contributed by atoms with Gasteiger partial charge in [0.05, 0.1) is 0 Å². The van der Waals surface area contributed by atoms with E-state index in [1.807, 2.05) is 0 Å². The molecular weight excluding hydrogens is 206 g/mol. The highest BCUT2D eigenvalue weighted by molar-refractivity contribution is 5.61. The Balaban J connectivity index is 2.61. The Labute approximate surface area is 104 Å². The van der Waals surface area contributed by atoms with Crippen LogP contribution in [-0.4, -0.2) is 0 Å². The molecular formula is C16H20N+. The highest BCUT2D eigenvalue weighted by atomic mass is 14.9. The molecule has 1 nitrogen and oxygen atoms in total. The van der Waals surface area contributed by atoms with E-state index in [1.165, 1.54) is 27.9 Å². The van der Waals surface area contributed by atoms with Crippen LogP contribution in [0.5, 0.6) is 0 Å². The van der Waals surface area contributed by atoms with Crippen LogP contribution in [0.15, 0.2) is 36.5 Å². The Morgan fingerprint density at radius 3 is 2.41 bits per heavy atom. The fraction of sp³-hybridized carbons (Fsp3) is 0.312. The summed E-state index contributed by atoms with van der Waals surface area (Å²) in [5.41, 5.74) is 6.74. The minimum atomic E-state index is 1.09. The zero-order valence-corrected chi connectivity index (χ0v) is 11.1. The van der Waals surface area contributed by atoms with Crippen molar-refractivity contribution in [3.8, 4) is 11.3 Å². The smallest absolute Gasteiger partial charge is 0.201 e. The largest absolute Gasteiger partial charge is 0.212 e. The monoisotopic (exact) mass is 226 g/mol. The zero-order chi connectivity index (χ0) is 12.4. The Morgan fingerprint density at radius 1 is 1.06 bits per heavy atom. The molecule has 0 amide bonds. The first-order chi connectivity index (χ1) is 8.13. The molecule has 0 atom stereocenters. The second-order valence-corrected chi connectivity index (χ2v) is 4.65. The van der Waals surface area contributed by atoms with Crippen molar-refractivity contribution < 1.29 is 4.57 Å². The topological polar surface area (TPSA) is 3.88 Å². The molecule has 0 aliphatic rings. The van der Waals surface area contributed by atoms with Gasteiger partial charge in [0.25, 0.3) is 0 Å². The number of aromatic nitrogens is 1. The first-order valence-corrected chi connectivity index (χ1v) is 6.18. The summed E-state index contributed by atoms with van der Waals surface area (Å²) in [6, 6.07) is 10.8. The number of aryl methyl sites for hydroxylation is 4. The zero-order valence-electron chi connectivity index (χ0n) is 11.1. The Morgan fingerprint density at radius 2 is 1.76 bits per heavy atom. The summed E-state index contributed by atoms with van der Waals surface area (Å²) >= 11 is 0. The van der Waals surface area contributed by atoms with Crippen LogP contribution in [0.3, 0.4) is 0 Å². The second kappa shape index (κ2) is 4.70. The number of rotatable bonds is 2. The summed E-state index contributed by atoms with van der Waals surface area (Å²) in [5.74, 6) is 0. The molecule has 1 aromatic heterocycles. The molecule has 17 heavy (non-hydrogen) atoms. The molecule has 0 aliphatic carbocycles. The van der Waals surface area contributed by atoms with E-state index in [0.29, 0.717) is 0 Å². The summed E-state index contributed by atoms with van der Waals surface area (Å²) in [6.07, 6.45) is 3.34. The standard InChI is InChI=1S/C16H20N/c1-5-14-11-17(4)16(10-13(14)3)15-9-7-6-8-12(15)2/h6-11H,5H2,1-4H3/q+1. The van der Waals surface area contributed by atoms with Crippen molar-refractivity contribution in [3.05, 3.63) is 53.2 Å². The van der Waals surface area contributed by atoms with Gasteiger partial charge in [-0.15, -0.1) is 0 Å². The maximum Gasteiger partial charge on any atom is 0.212 e. The van der Waals surface area contributed by atoms with Crippen molar-refractivity contribution in [2.24, 2.45) is 7.05 Å². The molecule has 0 N–H and O–H groups in total. The van der Waals surface area contributed by atoms with Gasteiger partial charge < -0.3 is 0 Å². The Bertz CT molecular complexity index is 541. The fourth-order valence-electron chi connectivity index (χ4n) is 2.30. The number of hydrogen-bond donors (Lipinski definition) is 0. The van der Waals surface area contributed by atoms with E-state index in [4.69, 9.17) is 0 Å². The highest BCUT2D eigenvalue weighted by Crippen LogP contribution is 2.21. The third kappa shape index (κ3) is 2.23. The minimum Gasteiger partial charge on any atom is -0.201 e. The summed E-state index contributed by atoms with van der Waals surface area (Å²) in [6.45, 7) is 6.56. The molecule has 1 heterocycles. The van der Waals surface area contributed by atoms with Crippen LogP contribution in [0.2, 0.25) is 0 Å². The Hall–Kier alpha value is -1.63. The quantitative estimate of drug-likeness (QED) is 0.691. The van der Waals surface area contributed by atoms with Crippen molar-refractivity contribution in [3.63, 3.8) is 0 Å². The van der Waals surface area contributed by atoms with Crippen molar-refractivity contribution in [1.82, 2.24) is 0 Å². The molecule has 1 heteroatoms. The maximum atomic E-state index is 2.29. The molecule has 0 unspecified atom stereocenters. The summed E-state index contributed by atoms with van der Waals surface area (Å²) < 4.78 is 2.23. The maximum absolute atomic E-state index is 2.29. The van der Waals surface area contributed by atoms with Gasteiger partial charge in [-0.3, -0.25) is 0 Å². The normalized spacial score (nSPS) is 10.6. The van der Waals surface area contributed by atoms with Gasteiger partial charge in [-0.1, -0.05) is 25.1 Å². The molecule has 0 fully saturated rings. The van der Waals surface area contributed by atoms with Crippen LogP contribution in [0.1, 0.15) is 23.6 Å². The predicted molar refractivity (Wildman–Crippen MR) is 71.9 cm³/mol. The number of pyridine rings is 1. The summed E-state index contributed by atoms with van der Waals surface area (Å²) in [4.78, 5) is 0. The van der Waals surface area contributed by atoms with Gasteiger partial charge in [-0.25, -0.2) is 4.57 Å². The molecule has 0 saturated carbocycles. The lowest BCUT2D eigenvalue weighted by Crippen LogP contribution is -2.32. The van der Waals surface area contributed by atoms with Crippen LogP contribution in [0.4, 0.5) is 0 Å². The van der Waals surface area contributed by atoms with Gasteiger partial charge in [-0.2, -0.15) is 0 Å². The Kier molecular flexibility index (Phi) is 3.28. The van der Waals surface area contributed by atoms with Crippen molar-refractivity contribution in [2.75, 3.05) is 0 Å². The van der Waals surface area contributed by atoms with Gasteiger partial charge >= 0.3 is 0 Å². The van der Waals surface area contributed by atoms with E-state index >= 15 is 0 Å². The van der Waals surface area contributed by atoms with E-state index in [9.17, 15) is 0 Å². The van der Waals surface area contributed by atoms with Gasteiger partial charge in [0.2, 0.25) is 5.69 Å². The molecule has 88 valence electrons. The van der Waals surface area contributed by atoms with Gasteiger partial charge in [-0.05, 0) is 37.5 Å². The van der Waals surface area contributed by atoms with Crippen molar-refractivity contribution in [2.45, 2.75) is 27.2 Å². The van der Waals surface area contributed by atoms with E-state index in [0.717, 1.165) is 6.42 Å². The van der Waals surface area contributed by atoms with Crippen molar-refractivity contribution in [1.29, 1.82) is 0 Å². The fourth-order valence-corrected chi connectivity index (χ4v) is 2.30. The van der Waals surface area contributed by atoms with Gasteiger partial charge in [0, 0.05) is 17.2 Å². The van der Waals surface area contributed by atoms with Crippen LogP contribution >= 0.6 is 0 Å². The van der Waals surface area contributed by atoms with Crippen molar-refractivity contribution >= 4 is 0 Å². The van der Waals surface area contributed by atoms with E-state index in [2.05, 4.69) is 68.9 Å². The molecule has 0 saturated heterocycles. The van der Waals surface area contributed by atoms with Crippen LogP contribution in [-0.2, 0) is 13.5 Å². The average molecular weight is 226 g/mol. The molecule has 0 bridgehead atoms. The molecule has 1 aromatic carbocycles. The van der Waals surface area contributed by atoms with Crippen LogP contribution in [0, 0.1) is 13.8 Å². The first-order valence-electron chi connectivity index (χ1n) is 6.18.